The zero-order valence-electron chi connectivity index (χ0n) is 12.7. The Balaban J connectivity index is 1.99. The molecule has 0 amide bonds. The van der Waals surface area contributed by atoms with Gasteiger partial charge in [0.1, 0.15) is 11.5 Å². The molecule has 128 valence electrons. The Kier molecular flexibility index (Phi) is 4.96. The normalized spacial score (nSPS) is 14.6. The van der Waals surface area contributed by atoms with Gasteiger partial charge in [0.05, 0.1) is 11.9 Å². The van der Waals surface area contributed by atoms with E-state index in [1.54, 1.807) is 0 Å². The first kappa shape index (κ1) is 17.4. The molecule has 0 aliphatic heterocycles. The monoisotopic (exact) mass is 388 g/mol. The van der Waals surface area contributed by atoms with Crippen LogP contribution in [0.15, 0.2) is 24.3 Å². The number of benzene rings is 1. The van der Waals surface area contributed by atoms with E-state index in [4.69, 9.17) is 28.2 Å². The zero-order valence-corrected chi connectivity index (χ0v) is 15.0. The topological polar surface area (TPSA) is 78.4 Å². The summed E-state index contributed by atoms with van der Waals surface area (Å²) in [6.45, 7) is 1.92. The van der Waals surface area contributed by atoms with Crippen molar-refractivity contribution < 1.29 is 16.9 Å². The highest BCUT2D eigenvalue weighted by Gasteiger charge is 2.28. The minimum atomic E-state index is -3.97. The first-order valence-electron chi connectivity index (χ1n) is 7.22. The molecule has 0 saturated heterocycles. The van der Waals surface area contributed by atoms with Crippen LogP contribution >= 0.6 is 23.5 Å². The van der Waals surface area contributed by atoms with E-state index in [9.17, 15) is 8.42 Å². The van der Waals surface area contributed by atoms with Gasteiger partial charge in [-0.3, -0.25) is 0 Å². The van der Waals surface area contributed by atoms with Crippen LogP contribution in [-0.2, 0) is 19.6 Å². The van der Waals surface area contributed by atoms with Crippen LogP contribution in [0.25, 0.3) is 0 Å². The Morgan fingerprint density at radius 3 is 2.71 bits per heavy atom. The summed E-state index contributed by atoms with van der Waals surface area (Å²) in [5, 5.41) is 7.67. The molecule has 0 spiro atoms. The molecule has 0 atom stereocenters. The van der Waals surface area contributed by atoms with Crippen molar-refractivity contribution in [1.82, 2.24) is 10.2 Å². The van der Waals surface area contributed by atoms with E-state index in [0.29, 0.717) is 11.7 Å². The number of aromatic nitrogens is 2. The predicted molar refractivity (Wildman–Crippen MR) is 89.8 cm³/mol. The Morgan fingerprint density at radius 2 is 2.04 bits per heavy atom. The maximum absolute atomic E-state index is 11.6. The third-order valence-electron chi connectivity index (χ3n) is 3.69. The van der Waals surface area contributed by atoms with Gasteiger partial charge in [0.2, 0.25) is 5.88 Å². The molecule has 2 aromatic rings. The highest BCUT2D eigenvalue weighted by molar-refractivity contribution is 7.86. The lowest BCUT2D eigenvalue weighted by molar-refractivity contribution is 0.440. The van der Waals surface area contributed by atoms with E-state index in [0.717, 1.165) is 24.0 Å². The van der Waals surface area contributed by atoms with E-state index in [1.807, 2.05) is 25.1 Å². The van der Waals surface area contributed by atoms with Gasteiger partial charge in [-0.25, -0.2) is 0 Å². The zero-order chi connectivity index (χ0) is 17.3. The number of rotatable bonds is 6. The molecule has 1 fully saturated rings. The molecule has 0 radical (unpaired) electrons. The number of hydrogen-bond donors (Lipinski definition) is 0. The van der Waals surface area contributed by atoms with E-state index >= 15 is 0 Å². The van der Waals surface area contributed by atoms with Crippen molar-refractivity contribution in [2.45, 2.75) is 31.4 Å². The van der Waals surface area contributed by atoms with Gasteiger partial charge < -0.3 is 4.74 Å². The third kappa shape index (κ3) is 3.97. The van der Waals surface area contributed by atoms with Gasteiger partial charge in [-0.1, -0.05) is 29.8 Å². The van der Waals surface area contributed by atoms with E-state index in [1.165, 1.54) is 6.07 Å². The summed E-state index contributed by atoms with van der Waals surface area (Å²) in [5.41, 5.74) is 2.23. The van der Waals surface area contributed by atoms with Crippen LogP contribution in [0, 0.1) is 6.92 Å². The third-order valence-corrected chi connectivity index (χ3v) is 5.31. The number of ether oxygens (including phenoxy) is 1. The molecule has 1 aliphatic rings. The molecule has 9 heteroatoms. The van der Waals surface area contributed by atoms with Gasteiger partial charge >= 0.3 is 0 Å². The summed E-state index contributed by atoms with van der Waals surface area (Å²) in [7, 11) is -3.97. The Morgan fingerprint density at radius 1 is 1.29 bits per heavy atom. The van der Waals surface area contributed by atoms with Crippen LogP contribution in [0.5, 0.6) is 11.6 Å². The second kappa shape index (κ2) is 6.84. The number of para-hydroxylation sites is 1. The maximum atomic E-state index is 11.6. The van der Waals surface area contributed by atoms with Crippen LogP contribution in [-0.4, -0.2) is 18.6 Å². The molecule has 6 nitrogen and oxygen atoms in total. The largest absolute Gasteiger partial charge is 0.437 e. The first-order chi connectivity index (χ1) is 11.4. The Hall–Kier alpha value is -1.41. The standard InChI is InChI=1S/C15H14Cl2N2O4S/c1-9-3-2-4-12(10-5-6-10)14(9)22-15-11(7-13(16)18-19-15)8-24(20,21)23-17/h2-4,7,10H,5-6,8H2,1H3. The summed E-state index contributed by atoms with van der Waals surface area (Å²) in [4.78, 5) is 0. The molecule has 0 N–H and O–H groups in total. The summed E-state index contributed by atoms with van der Waals surface area (Å²) in [5.74, 6) is 0.666. The molecule has 24 heavy (non-hydrogen) atoms. The highest BCUT2D eigenvalue weighted by atomic mass is 35.5. The fourth-order valence-electron chi connectivity index (χ4n) is 2.42. The van der Waals surface area contributed by atoms with Gasteiger partial charge in [-0.2, -0.15) is 12.2 Å². The summed E-state index contributed by atoms with van der Waals surface area (Å²) < 4.78 is 33.2. The molecule has 1 aromatic carbocycles. The van der Waals surface area contributed by atoms with Crippen molar-refractivity contribution in [3.63, 3.8) is 0 Å². The van der Waals surface area contributed by atoms with Gasteiger partial charge in [0, 0.05) is 5.56 Å². The molecule has 1 aliphatic carbocycles. The average Bonchev–Trinajstić information content (AvgIpc) is 3.36. The highest BCUT2D eigenvalue weighted by Crippen LogP contribution is 2.46. The van der Waals surface area contributed by atoms with Crippen LogP contribution in [0.4, 0.5) is 0 Å². The van der Waals surface area contributed by atoms with Crippen molar-refractivity contribution in [3.8, 4) is 11.6 Å². The number of nitrogens with zero attached hydrogens (tertiary/aromatic N) is 2. The van der Waals surface area contributed by atoms with Crippen molar-refractivity contribution in [3.05, 3.63) is 46.1 Å². The molecule has 1 heterocycles. The lowest BCUT2D eigenvalue weighted by atomic mass is 10.1. The molecular formula is C15H14Cl2N2O4S. The molecule has 1 aromatic heterocycles. The minimum Gasteiger partial charge on any atom is -0.437 e. The van der Waals surface area contributed by atoms with E-state index in [-0.39, 0.29) is 16.6 Å². The number of hydrogen-bond acceptors (Lipinski definition) is 6. The summed E-state index contributed by atoms with van der Waals surface area (Å²) in [6.07, 6.45) is 2.21. The lowest BCUT2D eigenvalue weighted by Crippen LogP contribution is -2.07. The van der Waals surface area contributed by atoms with Crippen LogP contribution in [0.2, 0.25) is 5.15 Å². The number of aryl methyl sites for hydroxylation is 1. The molecule has 0 bridgehead atoms. The number of halogens is 2. The van der Waals surface area contributed by atoms with Gasteiger partial charge in [-0.15, -0.1) is 10.2 Å². The molecule has 0 unspecified atom stereocenters. The summed E-state index contributed by atoms with van der Waals surface area (Å²) >= 11 is 10.8. The predicted octanol–water partition coefficient (Wildman–Crippen LogP) is 4.11. The van der Waals surface area contributed by atoms with Crippen LogP contribution in [0.1, 0.15) is 35.4 Å². The van der Waals surface area contributed by atoms with Gasteiger partial charge in [-0.05, 0) is 42.9 Å². The van der Waals surface area contributed by atoms with Crippen LogP contribution in [0.3, 0.4) is 0 Å². The van der Waals surface area contributed by atoms with Crippen molar-refractivity contribution in [1.29, 1.82) is 0 Å². The minimum absolute atomic E-state index is 0.0503. The summed E-state index contributed by atoms with van der Waals surface area (Å²) in [6, 6.07) is 7.26. The second-order valence-corrected chi connectivity index (χ2v) is 7.93. The molecule has 1 saturated carbocycles. The average molecular weight is 389 g/mol. The smallest absolute Gasteiger partial charge is 0.287 e. The van der Waals surface area contributed by atoms with E-state index in [2.05, 4.69) is 13.9 Å². The van der Waals surface area contributed by atoms with Crippen molar-refractivity contribution in [2.24, 2.45) is 0 Å². The molecular weight excluding hydrogens is 375 g/mol. The fraction of sp³-hybridized carbons (Fsp3) is 0.333. The maximum Gasteiger partial charge on any atom is 0.287 e. The SMILES string of the molecule is Cc1cccc(C2CC2)c1Oc1nnc(Cl)cc1CS(=O)(=O)OCl. The van der Waals surface area contributed by atoms with Crippen molar-refractivity contribution >= 4 is 33.6 Å². The Bertz CT molecular complexity index is 870. The van der Waals surface area contributed by atoms with Gasteiger partial charge in [0.15, 0.2) is 5.15 Å². The second-order valence-electron chi connectivity index (χ2n) is 5.63. The Labute approximate surface area is 150 Å². The molecule has 3 rings (SSSR count). The van der Waals surface area contributed by atoms with E-state index < -0.39 is 15.9 Å². The quantitative estimate of drug-likeness (QED) is 0.740. The first-order valence-corrected chi connectivity index (χ1v) is 9.48. The van der Waals surface area contributed by atoms with Gasteiger partial charge in [0.25, 0.3) is 10.1 Å². The fourth-order valence-corrected chi connectivity index (χ4v) is 3.36. The van der Waals surface area contributed by atoms with Crippen LogP contribution < -0.4 is 4.74 Å². The lowest BCUT2D eigenvalue weighted by Gasteiger charge is -2.14. The van der Waals surface area contributed by atoms with Crippen molar-refractivity contribution in [2.75, 3.05) is 0 Å².